The molecule has 14 heteroatoms. The van der Waals surface area contributed by atoms with E-state index in [9.17, 15) is 13.8 Å². The molecule has 0 radical (unpaired) electrons. The lowest BCUT2D eigenvalue weighted by molar-refractivity contribution is -0.133. The molecule has 2 heterocycles. The van der Waals surface area contributed by atoms with Crippen molar-refractivity contribution in [2.24, 2.45) is 0 Å². The Balaban J connectivity index is 1.42. The largest absolute Gasteiger partial charge is 0.482 e. The number of benzene rings is 3. The summed E-state index contributed by atoms with van der Waals surface area (Å²) in [6, 6.07) is 13.7. The highest BCUT2D eigenvalue weighted by atomic mass is 35.5. The van der Waals surface area contributed by atoms with Gasteiger partial charge in [-0.2, -0.15) is 0 Å². The lowest BCUT2D eigenvalue weighted by atomic mass is 9.98. The highest BCUT2D eigenvalue weighted by Crippen LogP contribution is 2.39. The van der Waals surface area contributed by atoms with E-state index in [1.54, 1.807) is 43.4 Å². The van der Waals surface area contributed by atoms with Crippen LogP contribution in [0.15, 0.2) is 54.6 Å². The van der Waals surface area contributed by atoms with E-state index in [-0.39, 0.29) is 29.1 Å². The topological polar surface area (TPSA) is 112 Å². The Kier molecular flexibility index (Phi) is 9.85. The van der Waals surface area contributed by atoms with Crippen LogP contribution in [0.25, 0.3) is 11.1 Å². The van der Waals surface area contributed by atoms with Gasteiger partial charge in [0.2, 0.25) is 5.91 Å². The maximum Gasteiger partial charge on any atom is 0.265 e. The second kappa shape index (κ2) is 13.6. The number of fused-ring (bicyclic) bond motifs is 1. The van der Waals surface area contributed by atoms with E-state index in [4.69, 9.17) is 37.2 Å². The van der Waals surface area contributed by atoms with E-state index in [0.717, 1.165) is 0 Å². The van der Waals surface area contributed by atoms with Crippen LogP contribution < -0.4 is 14.4 Å². The Hall–Kier alpha value is -3.26. The van der Waals surface area contributed by atoms with Gasteiger partial charge in [-0.05, 0) is 35.4 Å². The number of rotatable bonds is 9. The Labute approximate surface area is 260 Å². The monoisotopic (exact) mass is 650 g/mol. The summed E-state index contributed by atoms with van der Waals surface area (Å²) in [6.07, 6.45) is 0. The summed E-state index contributed by atoms with van der Waals surface area (Å²) in [6.45, 7) is 2.28. The number of hydrogen-bond acceptors (Lipinski definition) is 6. The Morgan fingerprint density at radius 1 is 1.14 bits per heavy atom. The molecule has 0 bridgehead atoms. The van der Waals surface area contributed by atoms with Crippen molar-refractivity contribution in [3.8, 4) is 16.9 Å². The molecule has 2 unspecified atom stereocenters. The predicted octanol–water partition coefficient (Wildman–Crippen LogP) is 4.61. The first kappa shape index (κ1) is 31.2. The van der Waals surface area contributed by atoms with Gasteiger partial charge in [0.05, 0.1) is 35.0 Å². The molecule has 43 heavy (non-hydrogen) atoms. The predicted molar refractivity (Wildman–Crippen MR) is 163 cm³/mol. The molecule has 1 saturated heterocycles. The number of anilines is 2. The van der Waals surface area contributed by atoms with Crippen LogP contribution in [0.3, 0.4) is 0 Å². The van der Waals surface area contributed by atoms with Crippen molar-refractivity contribution in [1.29, 1.82) is 0 Å². The molecule has 2 aliphatic rings. The second-order valence-electron chi connectivity index (χ2n) is 10.1. The minimum Gasteiger partial charge on any atom is -0.482 e. The van der Waals surface area contributed by atoms with Gasteiger partial charge in [-0.3, -0.25) is 28.7 Å². The van der Waals surface area contributed by atoms with Crippen LogP contribution in [0.5, 0.6) is 5.75 Å². The van der Waals surface area contributed by atoms with Crippen LogP contribution in [0.2, 0.25) is 10.0 Å². The van der Waals surface area contributed by atoms with Crippen molar-refractivity contribution in [1.82, 2.24) is 9.80 Å². The molecule has 3 aromatic rings. The van der Waals surface area contributed by atoms with Gasteiger partial charge in [-0.25, -0.2) is 8.60 Å². The maximum atomic E-state index is 15.6. The fraction of sp³-hybridized carbons (Fsp3) is 0.310. The molecule has 5 rings (SSSR count). The van der Waals surface area contributed by atoms with Crippen molar-refractivity contribution >= 4 is 57.7 Å². The standard InChI is InChI=1S/C29H29Cl2FN4O6S/c1-34(28(37)16-36-25-13-22(30)23(31)14-27(25)42-17-29(36)38)26(15-35-7-9-41-10-8-35)19-5-6-21(24(32)12-19)18-3-2-4-20(11-18)33-43(39)40/h2-6,11-14,26,33H,7-10,15-17H2,1H3,(H,39,40). The first-order valence-electron chi connectivity index (χ1n) is 13.4. The Morgan fingerprint density at radius 3 is 2.60 bits per heavy atom. The number of halogens is 3. The molecule has 0 aromatic heterocycles. The number of morpholine rings is 1. The molecule has 2 amide bonds. The van der Waals surface area contributed by atoms with Gasteiger partial charge in [0.15, 0.2) is 6.61 Å². The highest BCUT2D eigenvalue weighted by Gasteiger charge is 2.32. The van der Waals surface area contributed by atoms with Crippen molar-refractivity contribution in [2.75, 3.05) is 62.7 Å². The van der Waals surface area contributed by atoms with Gasteiger partial charge < -0.3 is 14.4 Å². The van der Waals surface area contributed by atoms with E-state index in [1.807, 2.05) is 0 Å². The number of hydrogen-bond donors (Lipinski definition) is 2. The molecular formula is C29H29Cl2FN4O6S. The summed E-state index contributed by atoms with van der Waals surface area (Å²) in [7, 11) is 1.63. The highest BCUT2D eigenvalue weighted by molar-refractivity contribution is 7.80. The number of carbonyl (C=O) groups is 2. The van der Waals surface area contributed by atoms with Crippen molar-refractivity contribution in [2.45, 2.75) is 6.04 Å². The average molecular weight is 652 g/mol. The molecule has 0 spiro atoms. The summed E-state index contributed by atoms with van der Waals surface area (Å²) in [5.41, 5.74) is 2.07. The fourth-order valence-electron chi connectivity index (χ4n) is 5.09. The first-order chi connectivity index (χ1) is 20.6. The van der Waals surface area contributed by atoms with Gasteiger partial charge in [0.1, 0.15) is 18.1 Å². The minimum atomic E-state index is -2.27. The van der Waals surface area contributed by atoms with E-state index >= 15 is 4.39 Å². The quantitative estimate of drug-likeness (QED) is 0.326. The minimum absolute atomic E-state index is 0.219. The Morgan fingerprint density at radius 2 is 1.88 bits per heavy atom. The zero-order valence-electron chi connectivity index (χ0n) is 23.1. The number of nitrogens with one attached hydrogen (secondary N) is 1. The molecule has 0 aliphatic carbocycles. The van der Waals surface area contributed by atoms with Gasteiger partial charge in [0.25, 0.3) is 17.2 Å². The summed E-state index contributed by atoms with van der Waals surface area (Å²) in [4.78, 5) is 31.5. The SMILES string of the molecule is CN(C(=O)CN1C(=O)COc2cc(Cl)c(Cl)cc21)C(CN1CCOCC1)c1ccc(-c2cccc(NS(=O)O)c2)c(F)c1. The van der Waals surface area contributed by atoms with Crippen molar-refractivity contribution in [3.05, 3.63) is 76.0 Å². The molecule has 2 atom stereocenters. The second-order valence-corrected chi connectivity index (χ2v) is 11.6. The normalized spacial score (nSPS) is 16.7. The molecule has 2 aliphatic heterocycles. The molecule has 3 aromatic carbocycles. The number of amides is 2. The third-order valence-corrected chi connectivity index (χ3v) is 8.52. The number of carbonyl (C=O) groups excluding carboxylic acids is 2. The summed E-state index contributed by atoms with van der Waals surface area (Å²) < 4.78 is 49.3. The summed E-state index contributed by atoms with van der Waals surface area (Å²) in [5.74, 6) is -0.951. The van der Waals surface area contributed by atoms with Crippen LogP contribution in [-0.4, -0.2) is 83.4 Å². The lowest BCUT2D eigenvalue weighted by Gasteiger charge is -2.37. The Bertz CT molecular complexity index is 1560. The molecule has 2 N–H and O–H groups in total. The van der Waals surface area contributed by atoms with Crippen LogP contribution in [0.1, 0.15) is 11.6 Å². The first-order valence-corrected chi connectivity index (χ1v) is 15.2. The van der Waals surface area contributed by atoms with Crippen LogP contribution in [-0.2, 0) is 25.6 Å². The summed E-state index contributed by atoms with van der Waals surface area (Å²) >= 11 is 10.0. The van der Waals surface area contributed by atoms with Crippen molar-refractivity contribution < 1.29 is 32.2 Å². The molecule has 228 valence electrons. The third kappa shape index (κ3) is 7.28. The van der Waals surface area contributed by atoms with Crippen LogP contribution >= 0.6 is 23.2 Å². The zero-order valence-corrected chi connectivity index (χ0v) is 25.4. The van der Waals surface area contributed by atoms with E-state index < -0.39 is 29.0 Å². The third-order valence-electron chi connectivity index (χ3n) is 7.39. The lowest BCUT2D eigenvalue weighted by Crippen LogP contribution is -2.48. The number of ether oxygens (including phenoxy) is 2. The molecule has 0 saturated carbocycles. The van der Waals surface area contributed by atoms with Gasteiger partial charge in [-0.15, -0.1) is 0 Å². The smallest absolute Gasteiger partial charge is 0.265 e. The van der Waals surface area contributed by atoms with E-state index in [2.05, 4.69) is 9.62 Å². The molecule has 10 nitrogen and oxygen atoms in total. The maximum absolute atomic E-state index is 15.6. The van der Waals surface area contributed by atoms with E-state index in [0.29, 0.717) is 66.7 Å². The zero-order chi connectivity index (χ0) is 30.7. The van der Waals surface area contributed by atoms with Crippen LogP contribution in [0, 0.1) is 5.82 Å². The summed E-state index contributed by atoms with van der Waals surface area (Å²) in [5, 5.41) is 0.483. The number of nitrogens with zero attached hydrogens (tertiary/aromatic N) is 3. The van der Waals surface area contributed by atoms with Crippen LogP contribution in [0.4, 0.5) is 15.8 Å². The average Bonchev–Trinajstić information content (AvgIpc) is 2.98. The fourth-order valence-corrected chi connectivity index (χ4v) is 5.73. The molecule has 1 fully saturated rings. The van der Waals surface area contributed by atoms with Crippen molar-refractivity contribution in [3.63, 3.8) is 0 Å². The van der Waals surface area contributed by atoms with Gasteiger partial charge >= 0.3 is 0 Å². The van der Waals surface area contributed by atoms with E-state index in [1.165, 1.54) is 28.0 Å². The molecular weight excluding hydrogens is 622 g/mol. The van der Waals surface area contributed by atoms with Gasteiger partial charge in [0, 0.05) is 44.0 Å². The number of likely N-dealkylation sites (N-methyl/N-ethyl adjacent to an activating group) is 1. The van der Waals surface area contributed by atoms with Gasteiger partial charge in [-0.1, -0.05) is 47.5 Å².